The molecular weight excluding hydrogens is 185 g/mol. The van der Waals surface area contributed by atoms with E-state index in [0.717, 1.165) is 0 Å². The molecule has 70 valence electrons. The van der Waals surface area contributed by atoms with Crippen LogP contribution in [0.4, 0.5) is 10.1 Å². The summed E-state index contributed by atoms with van der Waals surface area (Å²) in [4.78, 5) is 33.9. The van der Waals surface area contributed by atoms with Crippen LogP contribution in [0.15, 0.2) is 9.59 Å². The fourth-order valence-electron chi connectivity index (χ4n) is 0.817. The van der Waals surface area contributed by atoms with Crippen LogP contribution in [0.3, 0.4) is 0 Å². The number of nitrogens with one attached hydrogen (secondary N) is 2. The smallest absolute Gasteiger partial charge is 0.303 e. The van der Waals surface area contributed by atoms with Gasteiger partial charge < -0.3 is 4.98 Å². The van der Waals surface area contributed by atoms with Crippen molar-refractivity contribution in [2.75, 3.05) is 0 Å². The Labute approximate surface area is 69.4 Å². The maximum absolute atomic E-state index is 12.1. The molecule has 2 N–H and O–H groups in total. The van der Waals surface area contributed by atoms with Crippen LogP contribution >= 0.6 is 0 Å². The fourth-order valence-corrected chi connectivity index (χ4v) is 0.817. The van der Waals surface area contributed by atoms with Crippen LogP contribution in [0.1, 0.15) is 5.69 Å². The van der Waals surface area contributed by atoms with Crippen molar-refractivity contribution >= 4 is 5.69 Å². The Balaban J connectivity index is 3.57. The highest BCUT2D eigenvalue weighted by Crippen LogP contribution is 2.07. The average molecular weight is 189 g/mol. The molecule has 8 heteroatoms. The second-order valence-electron chi connectivity index (χ2n) is 2.13. The van der Waals surface area contributed by atoms with Gasteiger partial charge in [0.2, 0.25) is 0 Å². The van der Waals surface area contributed by atoms with Crippen molar-refractivity contribution < 1.29 is 9.31 Å². The van der Waals surface area contributed by atoms with Crippen molar-refractivity contribution in [3.05, 3.63) is 36.6 Å². The summed E-state index contributed by atoms with van der Waals surface area (Å²) in [6.07, 6.45) is 0. The molecule has 1 aromatic heterocycles. The third-order valence-electron chi connectivity index (χ3n) is 1.31. The van der Waals surface area contributed by atoms with E-state index in [1.165, 1.54) is 0 Å². The molecule has 7 nitrogen and oxygen atoms in total. The Hall–Kier alpha value is -1.99. The highest BCUT2D eigenvalue weighted by atomic mass is 19.1. The molecule has 0 bridgehead atoms. The highest BCUT2D eigenvalue weighted by Gasteiger charge is 2.19. The van der Waals surface area contributed by atoms with E-state index in [1.54, 1.807) is 4.98 Å². The van der Waals surface area contributed by atoms with Gasteiger partial charge in [-0.2, -0.15) is 0 Å². The standard InChI is InChI=1S/C5H4FN3O4/c6-1-2-3(9(12)13)4(10)8-5(11)7-2/h1H2,(H2,7,8,10,11). The molecule has 0 aliphatic rings. The Morgan fingerprint density at radius 1 is 1.38 bits per heavy atom. The lowest BCUT2D eigenvalue weighted by atomic mass is 10.4. The number of hydrogen-bond acceptors (Lipinski definition) is 4. The van der Waals surface area contributed by atoms with Gasteiger partial charge in [0.05, 0.1) is 4.92 Å². The zero-order valence-electron chi connectivity index (χ0n) is 6.17. The van der Waals surface area contributed by atoms with Gasteiger partial charge in [-0.25, -0.2) is 9.18 Å². The quantitative estimate of drug-likeness (QED) is 0.480. The first-order valence-electron chi connectivity index (χ1n) is 3.12. The minimum absolute atomic E-state index is 0.626. The predicted octanol–water partition coefficient (Wildman–Crippen LogP) is -0.559. The predicted molar refractivity (Wildman–Crippen MR) is 39.1 cm³/mol. The van der Waals surface area contributed by atoms with Crippen molar-refractivity contribution in [3.63, 3.8) is 0 Å². The van der Waals surface area contributed by atoms with Gasteiger partial charge in [0, 0.05) is 0 Å². The maximum Gasteiger partial charge on any atom is 0.355 e. The zero-order valence-corrected chi connectivity index (χ0v) is 6.17. The second kappa shape index (κ2) is 3.17. The van der Waals surface area contributed by atoms with E-state index in [0.29, 0.717) is 0 Å². The minimum atomic E-state index is -1.27. The summed E-state index contributed by atoms with van der Waals surface area (Å²) in [7, 11) is 0. The summed E-state index contributed by atoms with van der Waals surface area (Å²) < 4.78 is 12.1. The molecule has 0 radical (unpaired) electrons. The molecule has 1 rings (SSSR count). The Morgan fingerprint density at radius 2 is 2.00 bits per heavy atom. The van der Waals surface area contributed by atoms with Crippen molar-refractivity contribution in [3.8, 4) is 0 Å². The molecule has 0 saturated carbocycles. The van der Waals surface area contributed by atoms with E-state index in [2.05, 4.69) is 0 Å². The fraction of sp³-hybridized carbons (Fsp3) is 0.200. The van der Waals surface area contributed by atoms with Crippen LogP contribution in [0, 0.1) is 10.1 Å². The summed E-state index contributed by atoms with van der Waals surface area (Å²) in [5.41, 5.74) is -3.77. The summed E-state index contributed by atoms with van der Waals surface area (Å²) in [6, 6.07) is 0. The lowest BCUT2D eigenvalue weighted by molar-refractivity contribution is -0.387. The first-order valence-corrected chi connectivity index (χ1v) is 3.12. The van der Waals surface area contributed by atoms with E-state index in [9.17, 15) is 24.1 Å². The third-order valence-corrected chi connectivity index (χ3v) is 1.31. The van der Waals surface area contributed by atoms with Crippen LogP contribution < -0.4 is 11.2 Å². The molecule has 0 amide bonds. The van der Waals surface area contributed by atoms with E-state index in [-0.39, 0.29) is 0 Å². The third kappa shape index (κ3) is 1.60. The van der Waals surface area contributed by atoms with Crippen LogP contribution in [-0.2, 0) is 6.67 Å². The lowest BCUT2D eigenvalue weighted by Crippen LogP contribution is -2.26. The summed E-state index contributed by atoms with van der Waals surface area (Å²) in [6.45, 7) is -1.27. The van der Waals surface area contributed by atoms with E-state index in [4.69, 9.17) is 0 Å². The first-order chi connectivity index (χ1) is 6.06. The van der Waals surface area contributed by atoms with Gasteiger partial charge in [-0.15, -0.1) is 0 Å². The SMILES string of the molecule is O=c1[nH]c(CF)c([N+](=O)[O-])c(=O)[nH]1. The number of nitro groups is 1. The number of H-pyrrole nitrogens is 2. The van der Waals surface area contributed by atoms with Gasteiger partial charge in [-0.05, 0) is 0 Å². The average Bonchev–Trinajstić information content (AvgIpc) is 2.01. The normalized spacial score (nSPS) is 9.92. The second-order valence-corrected chi connectivity index (χ2v) is 2.13. The van der Waals surface area contributed by atoms with Crippen LogP contribution in [0.5, 0.6) is 0 Å². The molecular formula is C5H4FN3O4. The summed E-state index contributed by atoms with van der Waals surface area (Å²) in [5, 5.41) is 10.2. The van der Waals surface area contributed by atoms with Crippen molar-refractivity contribution in [1.82, 2.24) is 9.97 Å². The lowest BCUT2D eigenvalue weighted by Gasteiger charge is -1.94. The zero-order chi connectivity index (χ0) is 10.0. The van der Waals surface area contributed by atoms with E-state index in [1.807, 2.05) is 4.98 Å². The molecule has 0 fully saturated rings. The number of hydrogen-bond donors (Lipinski definition) is 2. The van der Waals surface area contributed by atoms with Gasteiger partial charge in [0.1, 0.15) is 12.4 Å². The number of nitrogens with zero attached hydrogens (tertiary/aromatic N) is 1. The molecule has 1 heterocycles. The van der Waals surface area contributed by atoms with Crippen LogP contribution in [0.25, 0.3) is 0 Å². The number of aromatic amines is 2. The van der Waals surface area contributed by atoms with Crippen LogP contribution in [-0.4, -0.2) is 14.9 Å². The van der Waals surface area contributed by atoms with Gasteiger partial charge in [-0.3, -0.25) is 19.9 Å². The molecule has 0 saturated heterocycles. The van der Waals surface area contributed by atoms with Gasteiger partial charge in [0.25, 0.3) is 0 Å². The van der Waals surface area contributed by atoms with E-state index >= 15 is 0 Å². The maximum atomic E-state index is 12.1. The monoisotopic (exact) mass is 189 g/mol. The van der Waals surface area contributed by atoms with Gasteiger partial charge in [0.15, 0.2) is 0 Å². The van der Waals surface area contributed by atoms with E-state index < -0.39 is 34.2 Å². The van der Waals surface area contributed by atoms with Gasteiger partial charge >= 0.3 is 16.9 Å². The molecule has 0 atom stereocenters. The molecule has 0 aliphatic heterocycles. The highest BCUT2D eigenvalue weighted by molar-refractivity contribution is 5.30. The van der Waals surface area contributed by atoms with Crippen LogP contribution in [0.2, 0.25) is 0 Å². The Morgan fingerprint density at radius 3 is 2.46 bits per heavy atom. The molecule has 0 unspecified atom stereocenters. The number of halogens is 1. The Kier molecular flexibility index (Phi) is 2.22. The summed E-state index contributed by atoms with van der Waals surface area (Å²) in [5.74, 6) is 0. The van der Waals surface area contributed by atoms with Crippen molar-refractivity contribution in [2.24, 2.45) is 0 Å². The van der Waals surface area contributed by atoms with Crippen molar-refractivity contribution in [1.29, 1.82) is 0 Å². The van der Waals surface area contributed by atoms with Gasteiger partial charge in [-0.1, -0.05) is 0 Å². The molecule has 13 heavy (non-hydrogen) atoms. The Bertz CT molecular complexity index is 448. The number of alkyl halides is 1. The molecule has 0 aliphatic carbocycles. The molecule has 0 aromatic carbocycles. The molecule has 1 aromatic rings. The topological polar surface area (TPSA) is 109 Å². The van der Waals surface area contributed by atoms with Crippen molar-refractivity contribution in [2.45, 2.75) is 6.67 Å². The first kappa shape index (κ1) is 9.10. The largest absolute Gasteiger partial charge is 0.355 e. The number of rotatable bonds is 2. The number of aromatic nitrogens is 2. The minimum Gasteiger partial charge on any atom is -0.303 e. The molecule has 0 spiro atoms. The summed E-state index contributed by atoms with van der Waals surface area (Å²) >= 11 is 0.